The van der Waals surface area contributed by atoms with Gasteiger partial charge in [0.05, 0.1) is 0 Å². The van der Waals surface area contributed by atoms with Gasteiger partial charge in [0.25, 0.3) is 0 Å². The molecule has 0 radical (unpaired) electrons. The molecule has 0 aromatic heterocycles. The van der Waals surface area contributed by atoms with Crippen molar-refractivity contribution in [2.24, 2.45) is 5.92 Å². The zero-order chi connectivity index (χ0) is 9.10. The maximum absolute atomic E-state index is 3.81. The predicted molar refractivity (Wildman–Crippen MR) is 55.8 cm³/mol. The molecular weight excluding hydrogens is 160 g/mol. The molecule has 0 amide bonds. The summed E-state index contributed by atoms with van der Waals surface area (Å²) in [4.78, 5) is 0. The smallest absolute Gasteiger partial charge is 0.00954 e. The minimum absolute atomic E-state index is 0.794. The molecule has 13 heavy (non-hydrogen) atoms. The Balaban J connectivity index is 1.72. The Morgan fingerprint density at radius 1 is 1.08 bits per heavy atom. The molecule has 2 rings (SSSR count). The van der Waals surface area contributed by atoms with Crippen LogP contribution in [0.25, 0.3) is 0 Å². The minimum Gasteiger partial charge on any atom is -0.317 e. The van der Waals surface area contributed by atoms with Crippen molar-refractivity contribution < 1.29 is 0 Å². The van der Waals surface area contributed by atoms with E-state index in [9.17, 15) is 0 Å². The Morgan fingerprint density at radius 2 is 2.00 bits per heavy atom. The first-order valence-corrected chi connectivity index (χ1v) is 5.83. The first-order chi connectivity index (χ1) is 6.36. The van der Waals surface area contributed by atoms with Crippen molar-refractivity contribution in [1.82, 2.24) is 10.6 Å². The van der Waals surface area contributed by atoms with Gasteiger partial charge < -0.3 is 10.6 Å². The second-order valence-electron chi connectivity index (χ2n) is 4.71. The summed E-state index contributed by atoms with van der Waals surface area (Å²) < 4.78 is 0. The summed E-state index contributed by atoms with van der Waals surface area (Å²) in [5.74, 6) is 0.927. The van der Waals surface area contributed by atoms with E-state index in [2.05, 4.69) is 17.6 Å². The molecule has 0 bridgehead atoms. The summed E-state index contributed by atoms with van der Waals surface area (Å²) in [6.45, 7) is 4.80. The lowest BCUT2D eigenvalue weighted by atomic mass is 9.80. The summed E-state index contributed by atoms with van der Waals surface area (Å²) in [6, 6.07) is 1.63. The molecule has 3 unspecified atom stereocenters. The zero-order valence-corrected chi connectivity index (χ0v) is 8.68. The van der Waals surface area contributed by atoms with Crippen LogP contribution in [0.1, 0.15) is 39.0 Å². The van der Waals surface area contributed by atoms with Crippen LogP contribution in [0.4, 0.5) is 0 Å². The fraction of sp³-hybridized carbons (Fsp3) is 1.00. The zero-order valence-electron chi connectivity index (χ0n) is 8.68. The van der Waals surface area contributed by atoms with E-state index in [1.54, 1.807) is 0 Å². The molecule has 2 heteroatoms. The summed E-state index contributed by atoms with van der Waals surface area (Å²) in [7, 11) is 0. The SMILES string of the molecule is CC1CCC1NC1CCCNCC1. The third-order valence-electron chi connectivity index (χ3n) is 3.65. The normalized spacial score (nSPS) is 40.8. The third kappa shape index (κ3) is 2.44. The molecule has 3 atom stereocenters. The summed E-state index contributed by atoms with van der Waals surface area (Å²) in [6.07, 6.45) is 6.88. The number of rotatable bonds is 2. The molecule has 1 saturated carbocycles. The van der Waals surface area contributed by atoms with E-state index in [1.807, 2.05) is 0 Å². The number of hydrogen-bond acceptors (Lipinski definition) is 2. The van der Waals surface area contributed by atoms with Crippen LogP contribution in [0.3, 0.4) is 0 Å². The van der Waals surface area contributed by atoms with Gasteiger partial charge in [-0.2, -0.15) is 0 Å². The standard InChI is InChI=1S/C11H22N2/c1-9-4-5-11(9)13-10-3-2-7-12-8-6-10/h9-13H,2-8H2,1H3. The first-order valence-electron chi connectivity index (χ1n) is 5.83. The Kier molecular flexibility index (Phi) is 3.23. The van der Waals surface area contributed by atoms with Crippen LogP contribution < -0.4 is 10.6 Å². The lowest BCUT2D eigenvalue weighted by Gasteiger charge is -2.37. The van der Waals surface area contributed by atoms with Crippen molar-refractivity contribution in [3.63, 3.8) is 0 Å². The van der Waals surface area contributed by atoms with E-state index in [1.165, 1.54) is 45.2 Å². The van der Waals surface area contributed by atoms with Gasteiger partial charge in [-0.15, -0.1) is 0 Å². The lowest BCUT2D eigenvalue weighted by Crippen LogP contribution is -2.47. The third-order valence-corrected chi connectivity index (χ3v) is 3.65. The molecular formula is C11H22N2. The summed E-state index contributed by atoms with van der Waals surface area (Å²) >= 11 is 0. The molecule has 0 spiro atoms. The Bertz CT molecular complexity index is 150. The van der Waals surface area contributed by atoms with Gasteiger partial charge in [-0.1, -0.05) is 6.92 Å². The van der Waals surface area contributed by atoms with E-state index >= 15 is 0 Å². The largest absolute Gasteiger partial charge is 0.317 e. The second-order valence-corrected chi connectivity index (χ2v) is 4.71. The van der Waals surface area contributed by atoms with E-state index in [0.717, 1.165) is 18.0 Å². The Labute approximate surface area is 81.5 Å². The van der Waals surface area contributed by atoms with Gasteiger partial charge in [-0.25, -0.2) is 0 Å². The van der Waals surface area contributed by atoms with Crippen LogP contribution in [0.5, 0.6) is 0 Å². The molecule has 76 valence electrons. The van der Waals surface area contributed by atoms with Crippen LogP contribution in [0, 0.1) is 5.92 Å². The highest BCUT2D eigenvalue weighted by Crippen LogP contribution is 2.27. The second kappa shape index (κ2) is 4.43. The van der Waals surface area contributed by atoms with Crippen molar-refractivity contribution in [3.05, 3.63) is 0 Å². The van der Waals surface area contributed by atoms with Crippen LogP contribution in [0.2, 0.25) is 0 Å². The molecule has 1 heterocycles. The van der Waals surface area contributed by atoms with Gasteiger partial charge >= 0.3 is 0 Å². The summed E-state index contributed by atoms with van der Waals surface area (Å²) in [5.41, 5.74) is 0. The average Bonchev–Trinajstić information content (AvgIpc) is 2.40. The number of nitrogens with one attached hydrogen (secondary N) is 2. The van der Waals surface area contributed by atoms with E-state index in [-0.39, 0.29) is 0 Å². The number of hydrogen-bond donors (Lipinski definition) is 2. The average molecular weight is 182 g/mol. The van der Waals surface area contributed by atoms with E-state index in [4.69, 9.17) is 0 Å². The molecule has 2 fully saturated rings. The van der Waals surface area contributed by atoms with Gasteiger partial charge in [0.1, 0.15) is 0 Å². The van der Waals surface area contributed by atoms with Crippen molar-refractivity contribution in [2.45, 2.75) is 51.1 Å². The van der Waals surface area contributed by atoms with Gasteiger partial charge in [0.15, 0.2) is 0 Å². The van der Waals surface area contributed by atoms with Crippen LogP contribution >= 0.6 is 0 Å². The van der Waals surface area contributed by atoms with Crippen LogP contribution in [-0.4, -0.2) is 25.2 Å². The Morgan fingerprint density at radius 3 is 2.69 bits per heavy atom. The van der Waals surface area contributed by atoms with Crippen molar-refractivity contribution in [3.8, 4) is 0 Å². The van der Waals surface area contributed by atoms with Gasteiger partial charge in [-0.3, -0.25) is 0 Å². The van der Waals surface area contributed by atoms with Crippen molar-refractivity contribution in [2.75, 3.05) is 13.1 Å². The van der Waals surface area contributed by atoms with Gasteiger partial charge in [-0.05, 0) is 51.1 Å². The van der Waals surface area contributed by atoms with E-state index < -0.39 is 0 Å². The van der Waals surface area contributed by atoms with Gasteiger partial charge in [0, 0.05) is 12.1 Å². The predicted octanol–water partition coefficient (Wildman–Crippen LogP) is 1.52. The van der Waals surface area contributed by atoms with Crippen LogP contribution in [-0.2, 0) is 0 Å². The quantitative estimate of drug-likeness (QED) is 0.676. The fourth-order valence-electron chi connectivity index (χ4n) is 2.40. The van der Waals surface area contributed by atoms with Crippen LogP contribution in [0.15, 0.2) is 0 Å². The molecule has 0 aromatic rings. The summed E-state index contributed by atoms with van der Waals surface area (Å²) in [5, 5.41) is 7.26. The van der Waals surface area contributed by atoms with Gasteiger partial charge in [0.2, 0.25) is 0 Å². The molecule has 1 aliphatic heterocycles. The van der Waals surface area contributed by atoms with Crippen molar-refractivity contribution >= 4 is 0 Å². The Hall–Kier alpha value is -0.0800. The minimum atomic E-state index is 0.794. The molecule has 2 N–H and O–H groups in total. The van der Waals surface area contributed by atoms with Crippen molar-refractivity contribution in [1.29, 1.82) is 0 Å². The molecule has 2 nitrogen and oxygen atoms in total. The maximum atomic E-state index is 3.81. The maximum Gasteiger partial charge on any atom is 0.00954 e. The molecule has 2 aliphatic rings. The fourth-order valence-corrected chi connectivity index (χ4v) is 2.40. The highest BCUT2D eigenvalue weighted by atomic mass is 15.0. The molecule has 1 saturated heterocycles. The topological polar surface area (TPSA) is 24.1 Å². The lowest BCUT2D eigenvalue weighted by molar-refractivity contribution is 0.204. The van der Waals surface area contributed by atoms with E-state index in [0.29, 0.717) is 0 Å². The molecule has 0 aromatic carbocycles. The first kappa shape index (κ1) is 9.47. The highest BCUT2D eigenvalue weighted by molar-refractivity contribution is 4.87. The highest BCUT2D eigenvalue weighted by Gasteiger charge is 2.28. The monoisotopic (exact) mass is 182 g/mol. The molecule has 1 aliphatic carbocycles.